The van der Waals surface area contributed by atoms with E-state index in [1.54, 1.807) is 24.1 Å². The van der Waals surface area contributed by atoms with Crippen LogP contribution in [-0.4, -0.2) is 22.9 Å². The molecule has 0 aliphatic rings. The molecule has 0 saturated carbocycles. The van der Waals surface area contributed by atoms with Crippen molar-refractivity contribution in [1.29, 1.82) is 0 Å². The Kier molecular flexibility index (Phi) is 3.39. The first-order chi connectivity index (χ1) is 8.58. The molecule has 4 nitrogen and oxygen atoms in total. The Morgan fingerprint density at radius 1 is 1.44 bits per heavy atom. The van der Waals surface area contributed by atoms with Gasteiger partial charge in [0.2, 0.25) is 0 Å². The van der Waals surface area contributed by atoms with Gasteiger partial charge < -0.3 is 9.30 Å². The summed E-state index contributed by atoms with van der Waals surface area (Å²) in [6, 6.07) is 3.64. The molecule has 0 bridgehead atoms. The van der Waals surface area contributed by atoms with Gasteiger partial charge in [-0.3, -0.25) is 4.79 Å². The Bertz CT molecular complexity index is 605. The third kappa shape index (κ3) is 1.99. The number of carbonyl (C=O) groups is 1. The summed E-state index contributed by atoms with van der Waals surface area (Å²) < 4.78 is 6.96. The molecule has 1 aromatic carbocycles. The van der Waals surface area contributed by atoms with Crippen molar-refractivity contribution in [1.82, 2.24) is 9.55 Å². The first-order valence-electron chi connectivity index (χ1n) is 5.39. The maximum atomic E-state index is 11.0. The van der Waals surface area contributed by atoms with Crippen molar-refractivity contribution >= 4 is 17.9 Å². The minimum Gasteiger partial charge on any atom is -0.495 e. The van der Waals surface area contributed by atoms with Gasteiger partial charge in [-0.1, -0.05) is 11.6 Å². The lowest BCUT2D eigenvalue weighted by molar-refractivity contribution is 0.112. The van der Waals surface area contributed by atoms with Gasteiger partial charge in [0, 0.05) is 12.6 Å². The first kappa shape index (κ1) is 12.6. The van der Waals surface area contributed by atoms with Crippen LogP contribution in [0, 0.1) is 6.92 Å². The van der Waals surface area contributed by atoms with Crippen LogP contribution in [0.1, 0.15) is 16.1 Å². The average Bonchev–Trinajstić information content (AvgIpc) is 2.72. The van der Waals surface area contributed by atoms with Gasteiger partial charge in [0.1, 0.15) is 11.4 Å². The Morgan fingerprint density at radius 3 is 2.78 bits per heavy atom. The standard InChI is InChI=1S/C13H13ClN2O2/c1-8-4-12(18-3)10(14)5-9(8)13-11(6-17)15-7-16(13)2/h4-7H,1-3H3. The fourth-order valence-electron chi connectivity index (χ4n) is 1.93. The smallest absolute Gasteiger partial charge is 0.170 e. The van der Waals surface area contributed by atoms with Crippen molar-refractivity contribution in [2.45, 2.75) is 6.92 Å². The molecule has 5 heteroatoms. The highest BCUT2D eigenvalue weighted by Crippen LogP contribution is 2.34. The topological polar surface area (TPSA) is 44.1 Å². The summed E-state index contributed by atoms with van der Waals surface area (Å²) in [7, 11) is 3.41. The molecule has 0 atom stereocenters. The van der Waals surface area contributed by atoms with Gasteiger partial charge in [0.25, 0.3) is 0 Å². The number of nitrogens with zero attached hydrogens (tertiary/aromatic N) is 2. The summed E-state index contributed by atoms with van der Waals surface area (Å²) in [6.07, 6.45) is 2.35. The molecule has 0 amide bonds. The minimum absolute atomic E-state index is 0.404. The van der Waals surface area contributed by atoms with E-state index in [2.05, 4.69) is 4.98 Å². The Morgan fingerprint density at radius 2 is 2.17 bits per heavy atom. The van der Waals surface area contributed by atoms with Crippen LogP contribution in [0.15, 0.2) is 18.5 Å². The maximum absolute atomic E-state index is 11.0. The van der Waals surface area contributed by atoms with E-state index in [0.29, 0.717) is 16.5 Å². The van der Waals surface area contributed by atoms with Crippen LogP contribution in [0.4, 0.5) is 0 Å². The van der Waals surface area contributed by atoms with Crippen molar-refractivity contribution < 1.29 is 9.53 Å². The van der Waals surface area contributed by atoms with Crippen LogP contribution in [0.2, 0.25) is 5.02 Å². The highest BCUT2D eigenvalue weighted by Gasteiger charge is 2.15. The zero-order chi connectivity index (χ0) is 13.3. The molecule has 94 valence electrons. The summed E-state index contributed by atoms with van der Waals surface area (Å²) in [5, 5.41) is 0.510. The van der Waals surface area contributed by atoms with E-state index in [1.807, 2.05) is 20.0 Å². The van der Waals surface area contributed by atoms with E-state index in [0.717, 1.165) is 23.1 Å². The molecule has 2 aromatic rings. The van der Waals surface area contributed by atoms with Gasteiger partial charge >= 0.3 is 0 Å². The maximum Gasteiger partial charge on any atom is 0.170 e. The fraction of sp³-hybridized carbons (Fsp3) is 0.231. The third-order valence-corrected chi connectivity index (χ3v) is 3.13. The van der Waals surface area contributed by atoms with E-state index >= 15 is 0 Å². The molecular formula is C13H13ClN2O2. The van der Waals surface area contributed by atoms with Crippen molar-refractivity contribution in [3.63, 3.8) is 0 Å². The number of benzene rings is 1. The van der Waals surface area contributed by atoms with E-state index < -0.39 is 0 Å². The van der Waals surface area contributed by atoms with Crippen LogP contribution in [0.3, 0.4) is 0 Å². The monoisotopic (exact) mass is 264 g/mol. The number of hydrogen-bond donors (Lipinski definition) is 0. The van der Waals surface area contributed by atoms with Gasteiger partial charge in [-0.2, -0.15) is 0 Å². The second-order valence-electron chi connectivity index (χ2n) is 4.01. The molecule has 1 heterocycles. The largest absolute Gasteiger partial charge is 0.495 e. The first-order valence-corrected chi connectivity index (χ1v) is 5.77. The molecule has 0 aliphatic carbocycles. The average molecular weight is 265 g/mol. The Balaban J connectivity index is 2.67. The number of hydrogen-bond acceptors (Lipinski definition) is 3. The number of methoxy groups -OCH3 is 1. The second-order valence-corrected chi connectivity index (χ2v) is 4.42. The van der Waals surface area contributed by atoms with Gasteiger partial charge in [-0.25, -0.2) is 4.98 Å². The number of aromatic nitrogens is 2. The van der Waals surface area contributed by atoms with Crippen LogP contribution in [-0.2, 0) is 7.05 Å². The van der Waals surface area contributed by atoms with Crippen molar-refractivity contribution in [2.24, 2.45) is 7.05 Å². The Hall–Kier alpha value is -1.81. The number of carbonyl (C=O) groups excluding carboxylic acids is 1. The van der Waals surface area contributed by atoms with Crippen LogP contribution in [0.5, 0.6) is 5.75 Å². The minimum atomic E-state index is 0.404. The summed E-state index contributed by atoms with van der Waals surface area (Å²) in [4.78, 5) is 15.0. The number of imidazole rings is 1. The van der Waals surface area contributed by atoms with Crippen LogP contribution < -0.4 is 4.74 Å². The highest BCUT2D eigenvalue weighted by atomic mass is 35.5. The van der Waals surface area contributed by atoms with Crippen molar-refractivity contribution in [2.75, 3.05) is 7.11 Å². The molecule has 0 aliphatic heterocycles. The lowest BCUT2D eigenvalue weighted by atomic mass is 10.0. The molecule has 1 aromatic heterocycles. The molecule has 0 radical (unpaired) electrons. The van der Waals surface area contributed by atoms with E-state index in [1.165, 1.54) is 0 Å². The number of aldehydes is 1. The molecule has 2 rings (SSSR count). The Labute approximate surface area is 110 Å². The molecule has 0 N–H and O–H groups in total. The fourth-order valence-corrected chi connectivity index (χ4v) is 2.17. The SMILES string of the molecule is COc1cc(C)c(-c2c(C=O)ncn2C)cc1Cl. The van der Waals surface area contributed by atoms with E-state index in [-0.39, 0.29) is 0 Å². The zero-order valence-corrected chi connectivity index (χ0v) is 11.2. The molecular weight excluding hydrogens is 252 g/mol. The molecule has 0 fully saturated rings. The van der Waals surface area contributed by atoms with E-state index in [9.17, 15) is 4.79 Å². The third-order valence-electron chi connectivity index (χ3n) is 2.83. The highest BCUT2D eigenvalue weighted by molar-refractivity contribution is 6.32. The summed E-state index contributed by atoms with van der Waals surface area (Å²) in [5.41, 5.74) is 3.01. The number of aryl methyl sites for hydroxylation is 2. The van der Waals surface area contributed by atoms with Gasteiger partial charge in [0.15, 0.2) is 6.29 Å². The predicted molar refractivity (Wildman–Crippen MR) is 70.3 cm³/mol. The number of ether oxygens (including phenoxy) is 1. The zero-order valence-electron chi connectivity index (χ0n) is 10.4. The summed E-state index contributed by atoms with van der Waals surface area (Å²) >= 11 is 6.12. The lowest BCUT2D eigenvalue weighted by Gasteiger charge is -2.11. The number of rotatable bonds is 3. The number of halogens is 1. The van der Waals surface area contributed by atoms with Gasteiger partial charge in [-0.15, -0.1) is 0 Å². The van der Waals surface area contributed by atoms with Crippen molar-refractivity contribution in [3.05, 3.63) is 34.7 Å². The summed E-state index contributed by atoms with van der Waals surface area (Å²) in [6.45, 7) is 1.94. The molecule has 0 unspecified atom stereocenters. The lowest BCUT2D eigenvalue weighted by Crippen LogP contribution is -1.96. The van der Waals surface area contributed by atoms with Crippen LogP contribution >= 0.6 is 11.6 Å². The van der Waals surface area contributed by atoms with Gasteiger partial charge in [0.05, 0.1) is 24.2 Å². The summed E-state index contributed by atoms with van der Waals surface area (Å²) in [5.74, 6) is 0.618. The quantitative estimate of drug-likeness (QED) is 0.801. The van der Waals surface area contributed by atoms with Crippen LogP contribution in [0.25, 0.3) is 11.3 Å². The van der Waals surface area contributed by atoms with Crippen molar-refractivity contribution in [3.8, 4) is 17.0 Å². The predicted octanol–water partition coefficient (Wildman–Crippen LogP) is 2.87. The normalized spacial score (nSPS) is 10.4. The van der Waals surface area contributed by atoms with Gasteiger partial charge in [-0.05, 0) is 24.6 Å². The molecule has 18 heavy (non-hydrogen) atoms. The second kappa shape index (κ2) is 4.82. The van der Waals surface area contributed by atoms with E-state index in [4.69, 9.17) is 16.3 Å². The molecule has 0 saturated heterocycles. The molecule has 0 spiro atoms.